The van der Waals surface area contributed by atoms with Crippen LogP contribution in [0, 0.1) is 0 Å². The molecule has 0 aromatic heterocycles. The van der Waals surface area contributed by atoms with E-state index in [0.29, 0.717) is 23.8 Å². The minimum absolute atomic E-state index is 0.209. The van der Waals surface area contributed by atoms with E-state index in [-0.39, 0.29) is 19.4 Å². The molecule has 0 N–H and O–H groups in total. The fraction of sp³-hybridized carbons (Fsp3) is 0.500. The highest BCUT2D eigenvalue weighted by Crippen LogP contribution is 2.31. The van der Waals surface area contributed by atoms with Crippen LogP contribution in [0.4, 0.5) is 0 Å². The maximum atomic E-state index is 12.4. The molecular weight excluding hydrogens is 343 g/mol. The summed E-state index contributed by atoms with van der Waals surface area (Å²) in [5, 5.41) is -0.486. The number of carbonyl (C=O) groups excluding carboxylic acids is 2. The molecule has 5 nitrogen and oxygen atoms in total. The third-order valence-electron chi connectivity index (χ3n) is 3.61. The van der Waals surface area contributed by atoms with Crippen LogP contribution in [0.3, 0.4) is 0 Å². The summed E-state index contributed by atoms with van der Waals surface area (Å²) in [6.45, 7) is 2.55. The molecule has 1 aromatic carbocycles. The Morgan fingerprint density at radius 1 is 1.26 bits per heavy atom. The highest BCUT2D eigenvalue weighted by Gasteiger charge is 2.46. The Morgan fingerprint density at radius 3 is 2.43 bits per heavy atom. The first-order valence-corrected chi connectivity index (χ1v) is 8.17. The molecule has 1 fully saturated rings. The highest BCUT2D eigenvalue weighted by atomic mass is 35.5. The summed E-state index contributed by atoms with van der Waals surface area (Å²) in [6, 6.07) is 6.55. The van der Waals surface area contributed by atoms with Gasteiger partial charge in [-0.1, -0.05) is 23.7 Å². The largest absolute Gasteiger partial charge is 0.463 e. The molecule has 0 amide bonds. The third-order valence-corrected chi connectivity index (χ3v) is 4.30. The first-order chi connectivity index (χ1) is 11.0. The zero-order valence-electron chi connectivity index (χ0n) is 12.7. The van der Waals surface area contributed by atoms with E-state index in [1.807, 2.05) is 0 Å². The first kappa shape index (κ1) is 18.0. The lowest BCUT2D eigenvalue weighted by atomic mass is 9.94. The molecule has 2 rings (SSSR count). The van der Waals surface area contributed by atoms with Crippen LogP contribution < -0.4 is 0 Å². The van der Waals surface area contributed by atoms with Gasteiger partial charge in [0.2, 0.25) is 5.60 Å². The predicted molar refractivity (Wildman–Crippen MR) is 85.6 cm³/mol. The summed E-state index contributed by atoms with van der Waals surface area (Å²) in [5.74, 6) is -1.25. The Morgan fingerprint density at radius 2 is 1.87 bits per heavy atom. The van der Waals surface area contributed by atoms with Gasteiger partial charge in [0, 0.05) is 17.9 Å². The van der Waals surface area contributed by atoms with E-state index in [9.17, 15) is 9.59 Å². The van der Waals surface area contributed by atoms with Crippen LogP contribution in [0.2, 0.25) is 5.02 Å². The van der Waals surface area contributed by atoms with Crippen molar-refractivity contribution in [1.29, 1.82) is 0 Å². The number of halogens is 2. The molecule has 1 saturated heterocycles. The van der Waals surface area contributed by atoms with E-state index in [2.05, 4.69) is 0 Å². The number of hydrogen-bond acceptors (Lipinski definition) is 5. The van der Waals surface area contributed by atoms with Gasteiger partial charge >= 0.3 is 11.9 Å². The zero-order valence-corrected chi connectivity index (χ0v) is 14.2. The number of alkyl halides is 1. The first-order valence-electron chi connectivity index (χ1n) is 7.36. The summed E-state index contributed by atoms with van der Waals surface area (Å²) in [5.41, 5.74) is -0.780. The second kappa shape index (κ2) is 7.99. The van der Waals surface area contributed by atoms with Crippen molar-refractivity contribution in [3.63, 3.8) is 0 Å². The van der Waals surface area contributed by atoms with Gasteiger partial charge in [-0.25, -0.2) is 4.79 Å². The SMILES string of the molecule is CCOC(=O)C1(OC(=O)C(Cl)c2ccc(Cl)cc2)CCOCC1. The van der Waals surface area contributed by atoms with Gasteiger partial charge in [-0.3, -0.25) is 4.79 Å². The summed E-state index contributed by atoms with van der Waals surface area (Å²) in [6.07, 6.45) is 0.504. The van der Waals surface area contributed by atoms with Crippen molar-refractivity contribution >= 4 is 35.1 Å². The third kappa shape index (κ3) is 4.37. The topological polar surface area (TPSA) is 61.8 Å². The summed E-state index contributed by atoms with van der Waals surface area (Å²) < 4.78 is 15.8. The van der Waals surface area contributed by atoms with Crippen LogP contribution in [0.1, 0.15) is 30.7 Å². The van der Waals surface area contributed by atoms with Gasteiger partial charge in [-0.15, -0.1) is 11.6 Å². The van der Waals surface area contributed by atoms with Crippen LogP contribution in [-0.2, 0) is 23.8 Å². The Kier molecular flexibility index (Phi) is 6.27. The molecule has 0 aliphatic carbocycles. The van der Waals surface area contributed by atoms with E-state index in [1.165, 1.54) is 0 Å². The Bertz CT molecular complexity index is 552. The maximum absolute atomic E-state index is 12.4. The number of hydrogen-bond donors (Lipinski definition) is 0. The molecule has 1 aliphatic heterocycles. The van der Waals surface area contributed by atoms with E-state index in [1.54, 1.807) is 31.2 Å². The van der Waals surface area contributed by atoms with Crippen LogP contribution in [0.5, 0.6) is 0 Å². The summed E-state index contributed by atoms with van der Waals surface area (Å²) in [4.78, 5) is 24.6. The molecule has 1 unspecified atom stereocenters. The van der Waals surface area contributed by atoms with Crippen molar-refractivity contribution < 1.29 is 23.8 Å². The second-order valence-corrected chi connectivity index (χ2v) is 6.04. The number of ether oxygens (including phenoxy) is 3. The molecule has 0 radical (unpaired) electrons. The molecule has 23 heavy (non-hydrogen) atoms. The Balaban J connectivity index is 2.13. The lowest BCUT2D eigenvalue weighted by Crippen LogP contribution is -2.49. The standard InChI is InChI=1S/C16H18Cl2O5/c1-2-22-15(20)16(7-9-21-10-8-16)23-14(19)13(18)11-3-5-12(17)6-4-11/h3-6,13H,2,7-10H2,1H3. The van der Waals surface area contributed by atoms with Gasteiger partial charge in [-0.2, -0.15) is 0 Å². The average molecular weight is 361 g/mol. The van der Waals surface area contributed by atoms with Crippen LogP contribution in [0.25, 0.3) is 0 Å². The van der Waals surface area contributed by atoms with Gasteiger partial charge in [0.15, 0.2) is 5.38 Å². The molecular formula is C16H18Cl2O5. The Labute approximate surface area is 144 Å². The van der Waals surface area contributed by atoms with Crippen LogP contribution >= 0.6 is 23.2 Å². The normalized spacial score (nSPS) is 18.0. The van der Waals surface area contributed by atoms with Gasteiger partial charge < -0.3 is 14.2 Å². The van der Waals surface area contributed by atoms with E-state index in [0.717, 1.165) is 0 Å². The van der Waals surface area contributed by atoms with Crippen LogP contribution in [-0.4, -0.2) is 37.4 Å². The number of esters is 2. The quantitative estimate of drug-likeness (QED) is 0.595. The predicted octanol–water partition coefficient (Wildman–Crippen LogP) is 3.28. The number of rotatable bonds is 5. The van der Waals surface area contributed by atoms with E-state index >= 15 is 0 Å². The number of carbonyl (C=O) groups is 2. The van der Waals surface area contributed by atoms with Crippen molar-refractivity contribution in [2.24, 2.45) is 0 Å². The molecule has 1 atom stereocenters. The van der Waals surface area contributed by atoms with Crippen molar-refractivity contribution in [1.82, 2.24) is 0 Å². The molecule has 0 saturated carbocycles. The van der Waals surface area contributed by atoms with Gasteiger partial charge in [-0.05, 0) is 24.6 Å². The number of benzene rings is 1. The molecule has 0 bridgehead atoms. The van der Waals surface area contributed by atoms with Gasteiger partial charge in [0.25, 0.3) is 0 Å². The van der Waals surface area contributed by atoms with Crippen molar-refractivity contribution in [3.05, 3.63) is 34.9 Å². The summed E-state index contributed by atoms with van der Waals surface area (Å²) in [7, 11) is 0. The van der Waals surface area contributed by atoms with Crippen molar-refractivity contribution in [2.75, 3.05) is 19.8 Å². The van der Waals surface area contributed by atoms with Crippen molar-refractivity contribution in [2.45, 2.75) is 30.7 Å². The zero-order chi connectivity index (χ0) is 16.9. The molecule has 1 heterocycles. The minimum Gasteiger partial charge on any atom is -0.463 e. The van der Waals surface area contributed by atoms with E-state index in [4.69, 9.17) is 37.4 Å². The Hall–Kier alpha value is -1.30. The molecule has 7 heteroatoms. The maximum Gasteiger partial charge on any atom is 0.350 e. The molecule has 0 spiro atoms. The molecule has 1 aliphatic rings. The fourth-order valence-electron chi connectivity index (χ4n) is 2.32. The minimum atomic E-state index is -1.33. The lowest BCUT2D eigenvalue weighted by Gasteiger charge is -2.34. The van der Waals surface area contributed by atoms with Crippen molar-refractivity contribution in [3.8, 4) is 0 Å². The van der Waals surface area contributed by atoms with E-state index < -0.39 is 22.9 Å². The highest BCUT2D eigenvalue weighted by molar-refractivity contribution is 6.31. The average Bonchev–Trinajstić information content (AvgIpc) is 2.56. The van der Waals surface area contributed by atoms with Gasteiger partial charge in [0.1, 0.15) is 0 Å². The lowest BCUT2D eigenvalue weighted by molar-refractivity contribution is -0.192. The molecule has 126 valence electrons. The monoisotopic (exact) mass is 360 g/mol. The van der Waals surface area contributed by atoms with Crippen LogP contribution in [0.15, 0.2) is 24.3 Å². The van der Waals surface area contributed by atoms with Gasteiger partial charge in [0.05, 0.1) is 19.8 Å². The second-order valence-electron chi connectivity index (χ2n) is 5.16. The fourth-order valence-corrected chi connectivity index (χ4v) is 2.64. The molecule has 1 aromatic rings. The smallest absolute Gasteiger partial charge is 0.350 e. The summed E-state index contributed by atoms with van der Waals surface area (Å²) >= 11 is 12.0.